The molecule has 84 valence electrons. The third-order valence-electron chi connectivity index (χ3n) is 2.65. The summed E-state index contributed by atoms with van der Waals surface area (Å²) in [5.41, 5.74) is 0. The Kier molecular flexibility index (Phi) is 3.33. The minimum atomic E-state index is 0.173. The molecule has 1 fully saturated rings. The van der Waals surface area contributed by atoms with E-state index in [4.69, 9.17) is 4.74 Å². The summed E-state index contributed by atoms with van der Waals surface area (Å²) in [6.07, 6.45) is 4.36. The van der Waals surface area contributed by atoms with E-state index in [0.717, 1.165) is 18.9 Å². The van der Waals surface area contributed by atoms with E-state index in [2.05, 4.69) is 15.4 Å². The van der Waals surface area contributed by atoms with Crippen molar-refractivity contribution in [3.8, 4) is 0 Å². The summed E-state index contributed by atoms with van der Waals surface area (Å²) in [5, 5.41) is 7.61. The molecule has 1 unspecified atom stereocenters. The number of methoxy groups -OCH3 is 1. The van der Waals surface area contributed by atoms with Crippen molar-refractivity contribution in [1.82, 2.24) is 20.1 Å². The third kappa shape index (κ3) is 3.00. The van der Waals surface area contributed by atoms with Gasteiger partial charge < -0.3 is 10.1 Å². The quantitative estimate of drug-likeness (QED) is 0.745. The maximum absolute atomic E-state index is 5.21. The Labute approximate surface area is 89.8 Å². The smallest absolute Gasteiger partial charge is 0.140 e. The first-order chi connectivity index (χ1) is 7.29. The van der Waals surface area contributed by atoms with Crippen LogP contribution in [0.25, 0.3) is 0 Å². The predicted molar refractivity (Wildman–Crippen MR) is 56.4 cm³/mol. The van der Waals surface area contributed by atoms with Gasteiger partial charge >= 0.3 is 0 Å². The number of nitrogens with one attached hydrogen (secondary N) is 1. The highest BCUT2D eigenvalue weighted by atomic mass is 16.5. The molecular weight excluding hydrogens is 192 g/mol. The van der Waals surface area contributed by atoms with Crippen molar-refractivity contribution >= 4 is 0 Å². The van der Waals surface area contributed by atoms with Crippen molar-refractivity contribution in [2.24, 2.45) is 0 Å². The SMILES string of the molecule is COC(C)Cn1ncnc1CNC1CC1. The molecule has 0 saturated heterocycles. The fraction of sp³-hybridized carbons (Fsp3) is 0.800. The molecule has 0 spiro atoms. The fourth-order valence-corrected chi connectivity index (χ4v) is 1.42. The Bertz CT molecular complexity index is 308. The van der Waals surface area contributed by atoms with Gasteiger partial charge in [0.25, 0.3) is 0 Å². The molecule has 1 N–H and O–H groups in total. The third-order valence-corrected chi connectivity index (χ3v) is 2.65. The maximum atomic E-state index is 5.21. The second-order valence-corrected chi connectivity index (χ2v) is 4.06. The van der Waals surface area contributed by atoms with Gasteiger partial charge in [0, 0.05) is 13.2 Å². The lowest BCUT2D eigenvalue weighted by Crippen LogP contribution is -2.22. The van der Waals surface area contributed by atoms with E-state index in [9.17, 15) is 0 Å². The molecule has 1 atom stereocenters. The lowest BCUT2D eigenvalue weighted by Gasteiger charge is -2.11. The summed E-state index contributed by atoms with van der Waals surface area (Å²) in [6.45, 7) is 3.60. The van der Waals surface area contributed by atoms with Crippen molar-refractivity contribution in [3.05, 3.63) is 12.2 Å². The van der Waals surface area contributed by atoms with Gasteiger partial charge in [-0.1, -0.05) is 0 Å². The zero-order valence-electron chi connectivity index (χ0n) is 9.31. The fourth-order valence-electron chi connectivity index (χ4n) is 1.42. The largest absolute Gasteiger partial charge is 0.380 e. The van der Waals surface area contributed by atoms with Gasteiger partial charge in [-0.3, -0.25) is 0 Å². The molecule has 0 aromatic carbocycles. The summed E-state index contributed by atoms with van der Waals surface area (Å²) in [7, 11) is 1.71. The highest BCUT2D eigenvalue weighted by Crippen LogP contribution is 2.18. The molecule has 5 heteroatoms. The van der Waals surface area contributed by atoms with Crippen LogP contribution in [0.1, 0.15) is 25.6 Å². The molecule has 15 heavy (non-hydrogen) atoms. The monoisotopic (exact) mass is 210 g/mol. The van der Waals surface area contributed by atoms with E-state index < -0.39 is 0 Å². The van der Waals surface area contributed by atoms with Gasteiger partial charge in [0.05, 0.1) is 19.2 Å². The van der Waals surface area contributed by atoms with Crippen LogP contribution in [0.15, 0.2) is 6.33 Å². The minimum absolute atomic E-state index is 0.173. The first kappa shape index (κ1) is 10.6. The van der Waals surface area contributed by atoms with Crippen LogP contribution in [0.5, 0.6) is 0 Å². The molecule has 0 amide bonds. The van der Waals surface area contributed by atoms with Crippen molar-refractivity contribution in [1.29, 1.82) is 0 Å². The second kappa shape index (κ2) is 4.72. The molecule has 0 bridgehead atoms. The van der Waals surface area contributed by atoms with Crippen LogP contribution in [0.2, 0.25) is 0 Å². The van der Waals surface area contributed by atoms with Crippen LogP contribution < -0.4 is 5.32 Å². The van der Waals surface area contributed by atoms with Gasteiger partial charge in [-0.05, 0) is 19.8 Å². The second-order valence-electron chi connectivity index (χ2n) is 4.06. The minimum Gasteiger partial charge on any atom is -0.380 e. The number of aromatic nitrogens is 3. The number of hydrogen-bond acceptors (Lipinski definition) is 4. The van der Waals surface area contributed by atoms with E-state index in [1.54, 1.807) is 13.4 Å². The standard InChI is InChI=1S/C10H18N4O/c1-8(15-2)6-14-10(12-7-13-14)5-11-9-3-4-9/h7-9,11H,3-6H2,1-2H3. The van der Waals surface area contributed by atoms with Crippen molar-refractivity contribution in [2.45, 2.75) is 45.0 Å². The van der Waals surface area contributed by atoms with E-state index in [-0.39, 0.29) is 6.10 Å². The Balaban J connectivity index is 1.88. The molecule has 2 rings (SSSR count). The number of rotatable bonds is 6. The van der Waals surface area contributed by atoms with Gasteiger partial charge in [-0.2, -0.15) is 5.10 Å². The number of hydrogen-bond donors (Lipinski definition) is 1. The number of nitrogens with zero attached hydrogens (tertiary/aromatic N) is 3. The van der Waals surface area contributed by atoms with Crippen molar-refractivity contribution in [2.75, 3.05) is 7.11 Å². The van der Waals surface area contributed by atoms with E-state index >= 15 is 0 Å². The zero-order valence-corrected chi connectivity index (χ0v) is 9.31. The van der Waals surface area contributed by atoms with E-state index in [1.807, 2.05) is 11.6 Å². The predicted octanol–water partition coefficient (Wildman–Crippen LogP) is 0.565. The summed E-state index contributed by atoms with van der Waals surface area (Å²) in [6, 6.07) is 0.704. The zero-order chi connectivity index (χ0) is 10.7. The highest BCUT2D eigenvalue weighted by molar-refractivity contribution is 4.89. The summed E-state index contributed by atoms with van der Waals surface area (Å²) >= 11 is 0. The molecule has 1 saturated carbocycles. The molecule has 1 aliphatic rings. The first-order valence-electron chi connectivity index (χ1n) is 5.42. The normalized spacial score (nSPS) is 18.0. The maximum Gasteiger partial charge on any atom is 0.140 e. The Morgan fingerprint density at radius 1 is 1.67 bits per heavy atom. The molecule has 1 heterocycles. The molecular formula is C10H18N4O. The molecule has 0 radical (unpaired) electrons. The van der Waals surface area contributed by atoms with Gasteiger partial charge in [0.15, 0.2) is 0 Å². The lowest BCUT2D eigenvalue weighted by molar-refractivity contribution is 0.0987. The number of ether oxygens (including phenoxy) is 1. The van der Waals surface area contributed by atoms with Crippen molar-refractivity contribution < 1.29 is 4.74 Å². The molecule has 1 aliphatic carbocycles. The summed E-state index contributed by atoms with van der Waals surface area (Å²) in [4.78, 5) is 4.24. The molecule has 1 aromatic heterocycles. The van der Waals surface area contributed by atoms with E-state index in [1.165, 1.54) is 12.8 Å². The Morgan fingerprint density at radius 3 is 3.13 bits per heavy atom. The summed E-state index contributed by atoms with van der Waals surface area (Å²) in [5.74, 6) is 0.991. The van der Waals surface area contributed by atoms with Gasteiger partial charge in [-0.15, -0.1) is 0 Å². The summed E-state index contributed by atoms with van der Waals surface area (Å²) < 4.78 is 7.11. The molecule has 1 aromatic rings. The van der Waals surface area contributed by atoms with Crippen LogP contribution in [0.4, 0.5) is 0 Å². The highest BCUT2D eigenvalue weighted by Gasteiger charge is 2.21. The van der Waals surface area contributed by atoms with Crippen LogP contribution in [0, 0.1) is 0 Å². The van der Waals surface area contributed by atoms with Crippen LogP contribution in [-0.2, 0) is 17.8 Å². The van der Waals surface area contributed by atoms with Crippen LogP contribution in [-0.4, -0.2) is 34.0 Å². The Morgan fingerprint density at radius 2 is 2.47 bits per heavy atom. The van der Waals surface area contributed by atoms with Crippen LogP contribution in [0.3, 0.4) is 0 Å². The first-order valence-corrected chi connectivity index (χ1v) is 5.42. The topological polar surface area (TPSA) is 52.0 Å². The average Bonchev–Trinajstić information content (AvgIpc) is 2.97. The van der Waals surface area contributed by atoms with Crippen molar-refractivity contribution in [3.63, 3.8) is 0 Å². The molecule has 0 aliphatic heterocycles. The lowest BCUT2D eigenvalue weighted by atomic mass is 10.4. The Hall–Kier alpha value is -0.940. The van der Waals surface area contributed by atoms with Gasteiger partial charge in [0.2, 0.25) is 0 Å². The van der Waals surface area contributed by atoms with E-state index in [0.29, 0.717) is 6.04 Å². The average molecular weight is 210 g/mol. The van der Waals surface area contributed by atoms with Crippen LogP contribution >= 0.6 is 0 Å². The van der Waals surface area contributed by atoms with Gasteiger partial charge in [0.1, 0.15) is 12.2 Å². The molecule has 5 nitrogen and oxygen atoms in total. The van der Waals surface area contributed by atoms with Gasteiger partial charge in [-0.25, -0.2) is 9.67 Å².